The van der Waals surface area contributed by atoms with E-state index >= 15 is 0 Å². The van der Waals surface area contributed by atoms with E-state index in [-0.39, 0.29) is 25.1 Å². The van der Waals surface area contributed by atoms with Crippen LogP contribution in [0.3, 0.4) is 0 Å². The minimum Gasteiger partial charge on any atom is -0.396 e. The number of aliphatic hydroxyl groups excluding tert-OH is 2. The molecule has 29 heavy (non-hydrogen) atoms. The lowest BCUT2D eigenvalue weighted by Gasteiger charge is -2.33. The Balaban J connectivity index is 1.81. The van der Waals surface area contributed by atoms with Crippen LogP contribution in [0.4, 0.5) is 18.9 Å². The normalized spacial score (nSPS) is 35.9. The summed E-state index contributed by atoms with van der Waals surface area (Å²) in [5.74, 6) is -3.59. The fourth-order valence-corrected chi connectivity index (χ4v) is 5.07. The number of hydrogen-bond acceptors (Lipinski definition) is 6. The highest BCUT2D eigenvalue weighted by molar-refractivity contribution is 6.23. The summed E-state index contributed by atoms with van der Waals surface area (Å²) in [5, 5.41) is 28.8. The highest BCUT2D eigenvalue weighted by Crippen LogP contribution is 2.62. The molecule has 2 N–H and O–H groups in total. The number of ether oxygens (including phenoxy) is 1. The van der Waals surface area contributed by atoms with E-state index in [0.29, 0.717) is 11.0 Å². The number of benzene rings is 1. The van der Waals surface area contributed by atoms with Gasteiger partial charge in [0.15, 0.2) is 0 Å². The fraction of sp³-hybridized carbons (Fsp3) is 0.526. The van der Waals surface area contributed by atoms with E-state index in [2.05, 4.69) is 0 Å². The van der Waals surface area contributed by atoms with Gasteiger partial charge >= 0.3 is 6.18 Å². The van der Waals surface area contributed by atoms with Gasteiger partial charge in [-0.2, -0.15) is 18.4 Å². The van der Waals surface area contributed by atoms with Crippen LogP contribution in [-0.4, -0.2) is 45.9 Å². The van der Waals surface area contributed by atoms with E-state index in [1.807, 2.05) is 0 Å². The van der Waals surface area contributed by atoms with Gasteiger partial charge in [0.1, 0.15) is 5.60 Å². The molecule has 3 heterocycles. The number of aliphatic hydroxyl groups is 2. The van der Waals surface area contributed by atoms with Gasteiger partial charge in [0, 0.05) is 19.4 Å². The zero-order chi connectivity index (χ0) is 21.4. The van der Waals surface area contributed by atoms with Gasteiger partial charge in [0.25, 0.3) is 0 Å². The van der Waals surface area contributed by atoms with Crippen molar-refractivity contribution in [2.45, 2.75) is 43.2 Å². The third kappa shape index (κ3) is 2.48. The van der Waals surface area contributed by atoms with Crippen LogP contribution < -0.4 is 4.90 Å². The van der Waals surface area contributed by atoms with Crippen molar-refractivity contribution in [1.82, 2.24) is 0 Å². The van der Waals surface area contributed by atoms with Gasteiger partial charge in [-0.1, -0.05) is 0 Å². The molecule has 1 aromatic carbocycles. The van der Waals surface area contributed by atoms with E-state index in [4.69, 9.17) is 10.00 Å². The van der Waals surface area contributed by atoms with Crippen molar-refractivity contribution >= 4 is 17.5 Å². The number of imide groups is 1. The SMILES string of the molecule is CC12OC(CCO)(CC1O)[C@@H]1C(=O)N(c3ccc(C#N)c(C(F)(F)F)c3)C(=O)C12. The third-order valence-electron chi connectivity index (χ3n) is 6.34. The molecule has 1 aromatic rings. The monoisotopic (exact) mass is 410 g/mol. The largest absolute Gasteiger partial charge is 0.417 e. The van der Waals surface area contributed by atoms with Gasteiger partial charge in [0.05, 0.1) is 46.4 Å². The molecule has 3 fully saturated rings. The Morgan fingerprint density at radius 1 is 1.31 bits per heavy atom. The molecule has 3 saturated heterocycles. The smallest absolute Gasteiger partial charge is 0.396 e. The van der Waals surface area contributed by atoms with Crippen molar-refractivity contribution in [3.05, 3.63) is 29.3 Å². The molecule has 3 aliphatic heterocycles. The summed E-state index contributed by atoms with van der Waals surface area (Å²) in [5.41, 5.74) is -4.79. The van der Waals surface area contributed by atoms with E-state index in [0.717, 1.165) is 12.1 Å². The first-order valence-electron chi connectivity index (χ1n) is 8.98. The molecule has 4 rings (SSSR count). The van der Waals surface area contributed by atoms with Gasteiger partial charge in [0.2, 0.25) is 11.8 Å². The zero-order valence-electron chi connectivity index (χ0n) is 15.2. The average Bonchev–Trinajstić information content (AvgIpc) is 3.16. The second kappa shape index (κ2) is 6.01. The van der Waals surface area contributed by atoms with E-state index in [9.17, 15) is 33.0 Å². The molecule has 0 spiro atoms. The molecule has 2 amide bonds. The molecule has 3 aliphatic rings. The Hall–Kier alpha value is -2.48. The third-order valence-corrected chi connectivity index (χ3v) is 6.34. The second-order valence-corrected chi connectivity index (χ2v) is 7.85. The highest BCUT2D eigenvalue weighted by atomic mass is 19.4. The lowest BCUT2D eigenvalue weighted by molar-refractivity contribution is -0.138. The first kappa shape index (κ1) is 19.8. The Bertz CT molecular complexity index is 958. The molecule has 10 heteroatoms. The molecule has 0 aromatic heterocycles. The maximum absolute atomic E-state index is 13.3. The fourth-order valence-electron chi connectivity index (χ4n) is 5.07. The number of anilines is 1. The molecule has 0 radical (unpaired) electrons. The molecular formula is C19H17F3N2O5. The summed E-state index contributed by atoms with van der Waals surface area (Å²) in [4.78, 5) is 26.9. The Labute approximate surface area is 163 Å². The summed E-state index contributed by atoms with van der Waals surface area (Å²) >= 11 is 0. The van der Waals surface area contributed by atoms with Gasteiger partial charge in [-0.3, -0.25) is 9.59 Å². The van der Waals surface area contributed by atoms with Gasteiger partial charge in [-0.25, -0.2) is 4.90 Å². The number of nitriles is 1. The Kier molecular flexibility index (Phi) is 4.11. The van der Waals surface area contributed by atoms with Crippen LogP contribution in [0, 0.1) is 23.2 Å². The highest BCUT2D eigenvalue weighted by Gasteiger charge is 2.76. The summed E-state index contributed by atoms with van der Waals surface area (Å²) in [6.07, 6.45) is -5.85. The van der Waals surface area contributed by atoms with Crippen molar-refractivity contribution in [3.8, 4) is 6.07 Å². The average molecular weight is 410 g/mol. The molecule has 0 aliphatic carbocycles. The first-order chi connectivity index (χ1) is 13.5. The number of amides is 2. The molecule has 2 bridgehead atoms. The predicted octanol–water partition coefficient (Wildman–Crippen LogP) is 1.36. The molecule has 154 valence electrons. The molecular weight excluding hydrogens is 393 g/mol. The zero-order valence-corrected chi connectivity index (χ0v) is 15.2. The minimum absolute atomic E-state index is 0.00878. The molecule has 4 unspecified atom stereocenters. The van der Waals surface area contributed by atoms with Gasteiger partial charge in [-0.15, -0.1) is 0 Å². The van der Waals surface area contributed by atoms with E-state index < -0.39 is 58.3 Å². The van der Waals surface area contributed by atoms with Crippen LogP contribution in [0.5, 0.6) is 0 Å². The van der Waals surface area contributed by atoms with Crippen molar-refractivity contribution in [3.63, 3.8) is 0 Å². The summed E-state index contributed by atoms with van der Waals surface area (Å²) in [6, 6.07) is 4.09. The quantitative estimate of drug-likeness (QED) is 0.728. The summed E-state index contributed by atoms with van der Waals surface area (Å²) in [6.45, 7) is 1.15. The molecule has 7 nitrogen and oxygen atoms in total. The van der Waals surface area contributed by atoms with Crippen molar-refractivity contribution < 1.29 is 37.7 Å². The van der Waals surface area contributed by atoms with Crippen molar-refractivity contribution in [1.29, 1.82) is 5.26 Å². The van der Waals surface area contributed by atoms with E-state index in [1.165, 1.54) is 13.0 Å². The summed E-state index contributed by atoms with van der Waals surface area (Å²) < 4.78 is 45.8. The predicted molar refractivity (Wildman–Crippen MR) is 90.2 cm³/mol. The lowest BCUT2D eigenvalue weighted by atomic mass is 9.66. The topological polar surface area (TPSA) is 111 Å². The number of carbonyl (C=O) groups excluding carboxylic acids is 2. The van der Waals surface area contributed by atoms with E-state index in [1.54, 1.807) is 0 Å². The number of halogens is 3. The Morgan fingerprint density at radius 2 is 1.97 bits per heavy atom. The lowest BCUT2D eigenvalue weighted by Crippen LogP contribution is -2.49. The maximum Gasteiger partial charge on any atom is 0.417 e. The number of alkyl halides is 3. The number of carbonyl (C=O) groups is 2. The van der Waals surface area contributed by atoms with Gasteiger partial charge < -0.3 is 14.9 Å². The minimum atomic E-state index is -4.84. The first-order valence-corrected chi connectivity index (χ1v) is 8.98. The van der Waals surface area contributed by atoms with Crippen LogP contribution in [0.25, 0.3) is 0 Å². The van der Waals surface area contributed by atoms with Crippen molar-refractivity contribution in [2.75, 3.05) is 11.5 Å². The Morgan fingerprint density at radius 3 is 2.55 bits per heavy atom. The molecule has 5 atom stereocenters. The van der Waals surface area contributed by atoms with Crippen LogP contribution in [0.1, 0.15) is 30.9 Å². The standard InChI is InChI=1S/C19H17F3N2O5/c1-17-12(26)7-18(29-17,4-5-25)14-13(17)15(27)24(16(14)28)10-3-2-9(8-23)11(6-10)19(20,21)22/h2-3,6,12-14,25-26H,4-5,7H2,1H3/t12?,13?,14-,17?,18?/m0/s1. The number of fused-ring (bicyclic) bond motifs is 5. The maximum atomic E-state index is 13.3. The van der Waals surface area contributed by atoms with Crippen LogP contribution >= 0.6 is 0 Å². The molecule has 0 saturated carbocycles. The summed E-state index contributed by atoms with van der Waals surface area (Å²) in [7, 11) is 0. The second-order valence-electron chi connectivity index (χ2n) is 7.85. The van der Waals surface area contributed by atoms with Crippen molar-refractivity contribution in [2.24, 2.45) is 11.8 Å². The number of nitrogens with zero attached hydrogens (tertiary/aromatic N) is 2. The van der Waals surface area contributed by atoms with Crippen LogP contribution in [0.2, 0.25) is 0 Å². The van der Waals surface area contributed by atoms with Crippen LogP contribution in [0.15, 0.2) is 18.2 Å². The number of hydrogen-bond donors (Lipinski definition) is 2. The van der Waals surface area contributed by atoms with Gasteiger partial charge in [-0.05, 0) is 25.1 Å². The van der Waals surface area contributed by atoms with Crippen LogP contribution in [-0.2, 0) is 20.5 Å². The number of rotatable bonds is 3.